The molecule has 0 aromatic carbocycles. The summed E-state index contributed by atoms with van der Waals surface area (Å²) in [4.78, 5) is 33.6. The smallest absolute Gasteiger partial charge is 0.365 e. The van der Waals surface area contributed by atoms with Crippen LogP contribution < -0.4 is 5.73 Å². The fourth-order valence-corrected chi connectivity index (χ4v) is 2.29. The van der Waals surface area contributed by atoms with Crippen LogP contribution in [0.15, 0.2) is 0 Å². The largest absolute Gasteiger partial charge is 0.464 e. The van der Waals surface area contributed by atoms with Crippen molar-refractivity contribution in [1.82, 2.24) is 9.78 Å². The van der Waals surface area contributed by atoms with Crippen LogP contribution in [0, 0.1) is 16.0 Å². The highest BCUT2D eigenvalue weighted by molar-refractivity contribution is 6.01. The Morgan fingerprint density at radius 3 is 2.55 bits per heavy atom. The van der Waals surface area contributed by atoms with Gasteiger partial charge in [-0.25, -0.2) is 4.79 Å². The number of aromatic nitrogens is 2. The Hall–Kier alpha value is -2.49. The molecule has 1 aliphatic rings. The predicted octanol–water partition coefficient (Wildman–Crippen LogP) is 0.102. The lowest BCUT2D eigenvalue weighted by molar-refractivity contribution is -0.385. The van der Waals surface area contributed by atoms with Crippen molar-refractivity contribution in [3.63, 3.8) is 0 Å². The van der Waals surface area contributed by atoms with E-state index >= 15 is 0 Å². The third-order valence-corrected chi connectivity index (χ3v) is 3.53. The minimum Gasteiger partial charge on any atom is -0.464 e. The molecule has 0 saturated heterocycles. The molecule has 10 nitrogen and oxygen atoms in total. The monoisotopic (exact) mass is 312 g/mol. The number of carbonyl (C=O) groups is 2. The van der Waals surface area contributed by atoms with Crippen molar-refractivity contribution in [2.24, 2.45) is 11.7 Å². The van der Waals surface area contributed by atoms with Gasteiger partial charge in [-0.3, -0.25) is 19.6 Å². The molecule has 1 aromatic rings. The lowest BCUT2D eigenvalue weighted by Gasteiger charge is -2.15. The molecule has 1 heterocycles. The number of primary amides is 1. The van der Waals surface area contributed by atoms with Crippen LogP contribution >= 0.6 is 0 Å². The number of nitrogens with two attached hydrogens (primary N) is 1. The average molecular weight is 312 g/mol. The summed E-state index contributed by atoms with van der Waals surface area (Å²) >= 11 is 0. The fourth-order valence-electron chi connectivity index (χ4n) is 2.29. The summed E-state index contributed by atoms with van der Waals surface area (Å²) < 4.78 is 10.8. The Morgan fingerprint density at radius 1 is 1.50 bits per heavy atom. The van der Waals surface area contributed by atoms with Crippen LogP contribution in [-0.4, -0.2) is 46.9 Å². The first-order chi connectivity index (χ1) is 10.4. The first-order valence-corrected chi connectivity index (χ1v) is 6.56. The van der Waals surface area contributed by atoms with Crippen LogP contribution in [0.2, 0.25) is 0 Å². The van der Waals surface area contributed by atoms with Crippen LogP contribution in [0.3, 0.4) is 0 Å². The molecule has 1 unspecified atom stereocenters. The van der Waals surface area contributed by atoms with Crippen molar-refractivity contribution in [2.45, 2.75) is 25.5 Å². The zero-order valence-electron chi connectivity index (χ0n) is 12.1. The number of nitro groups is 1. The van der Waals surface area contributed by atoms with Gasteiger partial charge in [0.25, 0.3) is 5.91 Å². The lowest BCUT2D eigenvalue weighted by atomic mass is 10.2. The molecule has 1 fully saturated rings. The van der Waals surface area contributed by atoms with Crippen LogP contribution in [0.5, 0.6) is 0 Å². The van der Waals surface area contributed by atoms with E-state index in [1.54, 1.807) is 0 Å². The Kier molecular flexibility index (Phi) is 4.40. The highest BCUT2D eigenvalue weighted by atomic mass is 16.6. The van der Waals surface area contributed by atoms with E-state index in [0.29, 0.717) is 5.92 Å². The van der Waals surface area contributed by atoms with Crippen molar-refractivity contribution in [3.05, 3.63) is 21.5 Å². The van der Waals surface area contributed by atoms with Gasteiger partial charge < -0.3 is 15.2 Å². The van der Waals surface area contributed by atoms with Gasteiger partial charge >= 0.3 is 11.7 Å². The Balaban J connectivity index is 2.49. The summed E-state index contributed by atoms with van der Waals surface area (Å²) in [5, 5.41) is 15.0. The fraction of sp³-hybridized carbons (Fsp3) is 0.583. The summed E-state index contributed by atoms with van der Waals surface area (Å²) in [5.41, 5.74) is 3.49. The number of nitrogens with zero attached hydrogens (tertiary/aromatic N) is 3. The van der Waals surface area contributed by atoms with E-state index in [9.17, 15) is 19.7 Å². The molecule has 10 heteroatoms. The molecule has 1 atom stereocenters. The molecule has 1 aromatic heterocycles. The van der Waals surface area contributed by atoms with E-state index < -0.39 is 33.9 Å². The SMILES string of the molecule is COC(=O)c1nn(CC(OC)C2CC2)c(C(N)=O)c1[N+](=O)[O-]. The van der Waals surface area contributed by atoms with E-state index in [-0.39, 0.29) is 12.6 Å². The maximum absolute atomic E-state index is 11.6. The Bertz CT molecular complexity index is 621. The van der Waals surface area contributed by atoms with E-state index in [1.807, 2.05) is 0 Å². The topological polar surface area (TPSA) is 140 Å². The second-order valence-electron chi connectivity index (χ2n) is 4.95. The molecule has 1 saturated carbocycles. The first-order valence-electron chi connectivity index (χ1n) is 6.56. The van der Waals surface area contributed by atoms with Crippen molar-refractivity contribution in [2.75, 3.05) is 14.2 Å². The van der Waals surface area contributed by atoms with E-state index in [1.165, 1.54) is 7.11 Å². The second-order valence-corrected chi connectivity index (χ2v) is 4.95. The minimum absolute atomic E-state index is 0.0945. The highest BCUT2D eigenvalue weighted by Crippen LogP contribution is 2.35. The predicted molar refractivity (Wildman–Crippen MR) is 72.3 cm³/mol. The summed E-state index contributed by atoms with van der Waals surface area (Å²) in [5.74, 6) is -1.75. The molecule has 0 bridgehead atoms. The summed E-state index contributed by atoms with van der Waals surface area (Å²) in [7, 11) is 2.57. The minimum atomic E-state index is -1.04. The molecule has 1 aliphatic carbocycles. The first kappa shape index (κ1) is 15.9. The number of ether oxygens (including phenoxy) is 2. The third kappa shape index (κ3) is 2.91. The number of hydrogen-bond donors (Lipinski definition) is 1. The third-order valence-electron chi connectivity index (χ3n) is 3.53. The number of esters is 1. The van der Waals surface area contributed by atoms with Gasteiger partial charge in [-0.05, 0) is 18.8 Å². The van der Waals surface area contributed by atoms with E-state index in [0.717, 1.165) is 24.6 Å². The highest BCUT2D eigenvalue weighted by Gasteiger charge is 2.38. The normalized spacial score (nSPS) is 15.4. The maximum Gasteiger partial charge on any atom is 0.365 e. The Morgan fingerprint density at radius 2 is 2.14 bits per heavy atom. The Labute approximate surface area is 125 Å². The summed E-state index contributed by atoms with van der Waals surface area (Å²) in [6.07, 6.45) is 1.68. The average Bonchev–Trinajstić information content (AvgIpc) is 3.23. The number of hydrogen-bond acceptors (Lipinski definition) is 7. The standard InChI is InChI=1S/C12H16N4O6/c1-21-7(6-3-4-6)5-15-10(11(13)17)9(16(19)20)8(14-15)12(18)22-2/h6-7H,3-5H2,1-2H3,(H2,13,17). The van der Waals surface area contributed by atoms with Gasteiger partial charge in [0.05, 0.1) is 24.7 Å². The van der Waals surface area contributed by atoms with Gasteiger partial charge in [0.15, 0.2) is 0 Å². The van der Waals surface area contributed by atoms with Crippen LogP contribution in [-0.2, 0) is 16.0 Å². The lowest BCUT2D eigenvalue weighted by Crippen LogP contribution is -2.26. The molecular formula is C12H16N4O6. The molecule has 2 N–H and O–H groups in total. The molecule has 2 rings (SSSR count). The number of methoxy groups -OCH3 is 2. The van der Waals surface area contributed by atoms with Crippen molar-refractivity contribution >= 4 is 17.6 Å². The van der Waals surface area contributed by atoms with Crippen LogP contribution in [0.4, 0.5) is 5.69 Å². The van der Waals surface area contributed by atoms with Gasteiger partial charge in [-0.2, -0.15) is 5.10 Å². The quantitative estimate of drug-likeness (QED) is 0.428. The molecular weight excluding hydrogens is 296 g/mol. The summed E-state index contributed by atoms with van der Waals surface area (Å²) in [6, 6.07) is 0. The maximum atomic E-state index is 11.6. The molecule has 0 aliphatic heterocycles. The van der Waals surface area contributed by atoms with Gasteiger partial charge in [0.1, 0.15) is 0 Å². The van der Waals surface area contributed by atoms with Crippen molar-refractivity contribution < 1.29 is 24.0 Å². The molecule has 120 valence electrons. The number of carbonyl (C=O) groups excluding carboxylic acids is 2. The van der Waals surface area contributed by atoms with Crippen molar-refractivity contribution in [3.8, 4) is 0 Å². The zero-order valence-corrected chi connectivity index (χ0v) is 12.1. The van der Waals surface area contributed by atoms with E-state index in [2.05, 4.69) is 9.84 Å². The molecule has 22 heavy (non-hydrogen) atoms. The van der Waals surface area contributed by atoms with Crippen LogP contribution in [0.1, 0.15) is 33.8 Å². The van der Waals surface area contributed by atoms with E-state index in [4.69, 9.17) is 10.5 Å². The van der Waals surface area contributed by atoms with Gasteiger partial charge in [-0.1, -0.05) is 0 Å². The molecule has 0 radical (unpaired) electrons. The molecule has 1 amide bonds. The van der Waals surface area contributed by atoms with Crippen molar-refractivity contribution in [1.29, 1.82) is 0 Å². The van der Waals surface area contributed by atoms with Gasteiger partial charge in [0.2, 0.25) is 11.4 Å². The number of rotatable bonds is 7. The number of amides is 1. The summed E-state index contributed by atoms with van der Waals surface area (Å²) in [6.45, 7) is 0.0945. The second kappa shape index (κ2) is 6.10. The van der Waals surface area contributed by atoms with Gasteiger partial charge in [-0.15, -0.1) is 0 Å². The van der Waals surface area contributed by atoms with Gasteiger partial charge in [0, 0.05) is 7.11 Å². The molecule has 0 spiro atoms. The van der Waals surface area contributed by atoms with Crippen LogP contribution in [0.25, 0.3) is 0 Å². The zero-order chi connectivity index (χ0) is 16.4.